The second-order valence-corrected chi connectivity index (χ2v) is 9.40. The van der Waals surface area contributed by atoms with Gasteiger partial charge in [-0.15, -0.1) is 11.3 Å². The van der Waals surface area contributed by atoms with Gasteiger partial charge in [-0.2, -0.15) is 0 Å². The minimum atomic E-state index is -0.309. The van der Waals surface area contributed by atoms with Crippen molar-refractivity contribution in [2.24, 2.45) is 5.73 Å². The molecular formula is C23H27N5O3S. The zero-order chi connectivity index (χ0) is 22.8. The predicted octanol–water partition coefficient (Wildman–Crippen LogP) is 2.55. The lowest BCUT2D eigenvalue weighted by atomic mass is 10.1. The van der Waals surface area contributed by atoms with Gasteiger partial charge in [-0.05, 0) is 50.4 Å². The number of anilines is 1. The molecule has 1 atom stereocenters. The number of carbonyl (C=O) groups excluding carboxylic acids is 2. The number of likely N-dealkylation sites (tertiary alicyclic amines) is 1. The number of para-hydroxylation sites is 1. The average Bonchev–Trinajstić information content (AvgIpc) is 3.34. The van der Waals surface area contributed by atoms with Gasteiger partial charge >= 0.3 is 0 Å². The van der Waals surface area contributed by atoms with Crippen molar-refractivity contribution in [2.45, 2.75) is 52.2 Å². The number of hydrogen-bond donors (Lipinski definition) is 2. The van der Waals surface area contributed by atoms with E-state index in [4.69, 9.17) is 5.73 Å². The molecule has 1 aromatic carbocycles. The average molecular weight is 454 g/mol. The van der Waals surface area contributed by atoms with E-state index in [0.717, 1.165) is 40.2 Å². The van der Waals surface area contributed by atoms with Gasteiger partial charge in [-0.1, -0.05) is 18.2 Å². The van der Waals surface area contributed by atoms with Crippen molar-refractivity contribution in [3.63, 3.8) is 0 Å². The maximum Gasteiger partial charge on any atom is 0.262 e. The number of nitrogens with zero attached hydrogens (tertiary/aromatic N) is 3. The zero-order valence-corrected chi connectivity index (χ0v) is 19.1. The summed E-state index contributed by atoms with van der Waals surface area (Å²) < 4.78 is 1.49. The Bertz CT molecular complexity index is 1230. The Labute approximate surface area is 190 Å². The number of carbonyl (C=O) groups is 2. The molecule has 1 unspecified atom stereocenters. The van der Waals surface area contributed by atoms with Crippen LogP contribution < -0.4 is 16.6 Å². The summed E-state index contributed by atoms with van der Waals surface area (Å²) in [6.45, 7) is 5.50. The Morgan fingerprint density at radius 1 is 1.28 bits per heavy atom. The van der Waals surface area contributed by atoms with E-state index >= 15 is 0 Å². The van der Waals surface area contributed by atoms with Crippen LogP contribution in [0.1, 0.15) is 35.3 Å². The van der Waals surface area contributed by atoms with Gasteiger partial charge in [0.05, 0.1) is 17.8 Å². The Morgan fingerprint density at radius 2 is 2.06 bits per heavy atom. The van der Waals surface area contributed by atoms with E-state index < -0.39 is 0 Å². The highest BCUT2D eigenvalue weighted by Gasteiger charge is 2.29. The van der Waals surface area contributed by atoms with Crippen molar-refractivity contribution >= 4 is 39.1 Å². The number of rotatable bonds is 7. The van der Waals surface area contributed by atoms with E-state index in [1.807, 2.05) is 38.1 Å². The van der Waals surface area contributed by atoms with E-state index in [1.54, 1.807) is 0 Å². The van der Waals surface area contributed by atoms with Crippen LogP contribution in [0.5, 0.6) is 0 Å². The first-order chi connectivity index (χ1) is 15.3. The molecule has 4 rings (SSSR count). The molecule has 0 radical (unpaired) electrons. The SMILES string of the molecule is Cc1sc2ncn(CCC(=O)Nc3ccccc3CN3CCCC3C(N)=O)c(=O)c2c1C. The molecule has 32 heavy (non-hydrogen) atoms. The predicted molar refractivity (Wildman–Crippen MR) is 126 cm³/mol. The van der Waals surface area contributed by atoms with E-state index in [2.05, 4.69) is 15.2 Å². The third kappa shape index (κ3) is 4.44. The summed E-state index contributed by atoms with van der Waals surface area (Å²) in [5.74, 6) is -0.494. The molecule has 0 saturated carbocycles. The van der Waals surface area contributed by atoms with Crippen LogP contribution in [0, 0.1) is 13.8 Å². The van der Waals surface area contributed by atoms with Gasteiger partial charge in [0, 0.05) is 30.1 Å². The molecule has 1 aliphatic heterocycles. The highest BCUT2D eigenvalue weighted by Crippen LogP contribution is 2.26. The number of primary amides is 1. The molecule has 3 N–H and O–H groups in total. The standard InChI is InChI=1S/C23H27N5O3S/c1-14-15(2)32-22-20(14)23(31)28(13-25-22)11-9-19(29)26-17-7-4-3-6-16(17)12-27-10-5-8-18(27)21(24)30/h3-4,6-7,13,18H,5,8-12H2,1-2H3,(H2,24,30)(H,26,29). The molecule has 168 valence electrons. The van der Waals surface area contributed by atoms with Crippen LogP contribution in [-0.2, 0) is 22.7 Å². The molecule has 1 aliphatic rings. The summed E-state index contributed by atoms with van der Waals surface area (Å²) in [6, 6.07) is 7.29. The van der Waals surface area contributed by atoms with E-state index in [9.17, 15) is 14.4 Å². The van der Waals surface area contributed by atoms with Gasteiger partial charge in [0.25, 0.3) is 5.56 Å². The highest BCUT2D eigenvalue weighted by atomic mass is 32.1. The lowest BCUT2D eigenvalue weighted by Gasteiger charge is -2.23. The van der Waals surface area contributed by atoms with Crippen molar-refractivity contribution in [3.8, 4) is 0 Å². The molecular weight excluding hydrogens is 426 g/mol. The van der Waals surface area contributed by atoms with Crippen LogP contribution in [-0.4, -0.2) is 38.9 Å². The maximum absolute atomic E-state index is 12.8. The van der Waals surface area contributed by atoms with Gasteiger partial charge in [0.1, 0.15) is 4.83 Å². The van der Waals surface area contributed by atoms with Crippen molar-refractivity contribution < 1.29 is 9.59 Å². The first-order valence-electron chi connectivity index (χ1n) is 10.7. The fourth-order valence-electron chi connectivity index (χ4n) is 4.20. The number of amides is 2. The van der Waals surface area contributed by atoms with Crippen molar-refractivity contribution in [3.05, 3.63) is 57.0 Å². The number of benzene rings is 1. The first-order valence-corrected chi connectivity index (χ1v) is 11.5. The van der Waals surface area contributed by atoms with Gasteiger partial charge in [0.15, 0.2) is 0 Å². The lowest BCUT2D eigenvalue weighted by Crippen LogP contribution is -2.39. The van der Waals surface area contributed by atoms with E-state index in [-0.39, 0.29) is 36.4 Å². The smallest absolute Gasteiger partial charge is 0.262 e. The number of nitrogens with one attached hydrogen (secondary N) is 1. The van der Waals surface area contributed by atoms with Crippen LogP contribution >= 0.6 is 11.3 Å². The lowest BCUT2D eigenvalue weighted by molar-refractivity contribution is -0.122. The topological polar surface area (TPSA) is 110 Å². The molecule has 0 bridgehead atoms. The molecule has 0 aliphatic carbocycles. The summed E-state index contributed by atoms with van der Waals surface area (Å²) in [5.41, 5.74) is 8.00. The summed E-state index contributed by atoms with van der Waals surface area (Å²) in [5, 5.41) is 3.59. The normalized spacial score (nSPS) is 16.5. The van der Waals surface area contributed by atoms with Gasteiger partial charge in [0.2, 0.25) is 11.8 Å². The number of hydrogen-bond acceptors (Lipinski definition) is 6. The van der Waals surface area contributed by atoms with Crippen LogP contribution in [0.3, 0.4) is 0 Å². The zero-order valence-electron chi connectivity index (χ0n) is 18.3. The second-order valence-electron chi connectivity index (χ2n) is 8.19. The minimum absolute atomic E-state index is 0.114. The Morgan fingerprint density at radius 3 is 2.84 bits per heavy atom. The minimum Gasteiger partial charge on any atom is -0.368 e. The quantitative estimate of drug-likeness (QED) is 0.571. The summed E-state index contributed by atoms with van der Waals surface area (Å²) in [7, 11) is 0. The third-order valence-corrected chi connectivity index (χ3v) is 7.21. The first kappa shape index (κ1) is 22.2. The monoisotopic (exact) mass is 453 g/mol. The van der Waals surface area contributed by atoms with Crippen molar-refractivity contribution in [1.29, 1.82) is 0 Å². The molecule has 0 spiro atoms. The van der Waals surface area contributed by atoms with Gasteiger partial charge < -0.3 is 11.1 Å². The number of aromatic nitrogens is 2. The van der Waals surface area contributed by atoms with Crippen molar-refractivity contribution in [1.82, 2.24) is 14.5 Å². The molecule has 1 saturated heterocycles. The summed E-state index contributed by atoms with van der Waals surface area (Å²) in [6.07, 6.45) is 3.36. The highest BCUT2D eigenvalue weighted by molar-refractivity contribution is 7.18. The van der Waals surface area contributed by atoms with Gasteiger partial charge in [-0.25, -0.2) is 4.98 Å². The fourth-order valence-corrected chi connectivity index (χ4v) is 5.19. The Hall–Kier alpha value is -3.04. The fraction of sp³-hybridized carbons (Fsp3) is 0.391. The van der Waals surface area contributed by atoms with Crippen LogP contribution in [0.4, 0.5) is 5.69 Å². The third-order valence-electron chi connectivity index (χ3n) is 6.09. The van der Waals surface area contributed by atoms with E-state index in [1.165, 1.54) is 22.2 Å². The van der Waals surface area contributed by atoms with Crippen LogP contribution in [0.2, 0.25) is 0 Å². The summed E-state index contributed by atoms with van der Waals surface area (Å²) in [4.78, 5) is 45.4. The van der Waals surface area contributed by atoms with Gasteiger partial charge in [-0.3, -0.25) is 23.9 Å². The number of thiophene rings is 1. The van der Waals surface area contributed by atoms with Crippen molar-refractivity contribution in [2.75, 3.05) is 11.9 Å². The van der Waals surface area contributed by atoms with Crippen LogP contribution in [0.15, 0.2) is 35.4 Å². The second kappa shape index (κ2) is 9.22. The number of nitrogens with two attached hydrogens (primary N) is 1. The molecule has 1 fully saturated rings. The van der Waals surface area contributed by atoms with Crippen LogP contribution in [0.25, 0.3) is 10.2 Å². The number of aryl methyl sites for hydroxylation is 3. The molecule has 3 aromatic rings. The van der Waals surface area contributed by atoms with E-state index in [0.29, 0.717) is 17.6 Å². The molecule has 3 heterocycles. The molecule has 2 amide bonds. The molecule has 2 aromatic heterocycles. The largest absolute Gasteiger partial charge is 0.368 e. The maximum atomic E-state index is 12.8. The Balaban J connectivity index is 1.44. The number of fused-ring (bicyclic) bond motifs is 1. The Kier molecular flexibility index (Phi) is 6.38. The molecule has 9 heteroatoms. The summed E-state index contributed by atoms with van der Waals surface area (Å²) >= 11 is 1.51. The molecule has 8 nitrogen and oxygen atoms in total.